The highest BCUT2D eigenvalue weighted by Crippen LogP contribution is 2.08. The molecule has 0 heterocycles. The van der Waals surface area contributed by atoms with Crippen LogP contribution in [0, 0.1) is 5.92 Å². The largest absolute Gasteiger partial charge is 0.481 e. The van der Waals surface area contributed by atoms with E-state index in [1.807, 2.05) is 6.92 Å². The van der Waals surface area contributed by atoms with E-state index in [1.165, 1.54) is 0 Å². The highest BCUT2D eigenvalue weighted by molar-refractivity contribution is 5.92. The van der Waals surface area contributed by atoms with Gasteiger partial charge in [-0.2, -0.15) is 0 Å². The Kier molecular flexibility index (Phi) is 12.0. The van der Waals surface area contributed by atoms with Crippen LogP contribution in [0.25, 0.3) is 0 Å². The molecular formula is C17H32N6O6. The Morgan fingerprint density at radius 1 is 1.00 bits per heavy atom. The Bertz CT molecular complexity index is 607. The Balaban J connectivity index is 5.19. The van der Waals surface area contributed by atoms with E-state index in [4.69, 9.17) is 22.3 Å². The number of nitrogens with zero attached hydrogens (tertiary/aromatic N) is 1. The third kappa shape index (κ3) is 10.9. The number of hydrogen-bond acceptors (Lipinski definition) is 6. The molecule has 2 amide bonds. The summed E-state index contributed by atoms with van der Waals surface area (Å²) in [5.41, 5.74) is 16.4. The number of carboxylic acids is 2. The minimum Gasteiger partial charge on any atom is -0.481 e. The van der Waals surface area contributed by atoms with Gasteiger partial charge in [0.05, 0.1) is 6.04 Å². The molecule has 0 unspecified atom stereocenters. The summed E-state index contributed by atoms with van der Waals surface area (Å²) >= 11 is 0. The number of hydrogen-bond donors (Lipinski definition) is 7. The standard InChI is InChI=1S/C17H32N6O6/c1-3-9(2)13(18)15(27)22-10(5-4-8-21-17(19)20)14(26)23-11(16(28)29)6-7-12(24)25/h9-11,13H,3-8,18H2,1-2H3,(H,22,27)(H,23,26)(H,24,25)(H,28,29)(H4,19,20,21)/t9-,10-,11-,13-/m0/s1. The quantitative estimate of drug-likeness (QED) is 0.0975. The number of carbonyl (C=O) groups is 4. The minimum atomic E-state index is -1.40. The molecule has 0 fully saturated rings. The van der Waals surface area contributed by atoms with Crippen LogP contribution >= 0.6 is 0 Å². The summed E-state index contributed by atoms with van der Waals surface area (Å²) < 4.78 is 0. The van der Waals surface area contributed by atoms with Crippen molar-refractivity contribution in [2.45, 2.75) is 64.1 Å². The second-order valence-electron chi connectivity index (χ2n) is 6.75. The summed E-state index contributed by atoms with van der Waals surface area (Å²) in [5.74, 6) is -4.10. The van der Waals surface area contributed by atoms with Crippen molar-refractivity contribution in [2.75, 3.05) is 6.54 Å². The number of aliphatic carboxylic acids is 2. The van der Waals surface area contributed by atoms with Gasteiger partial charge in [-0.05, 0) is 25.2 Å². The molecule has 0 aromatic carbocycles. The van der Waals surface area contributed by atoms with Crippen LogP contribution in [0.15, 0.2) is 4.99 Å². The van der Waals surface area contributed by atoms with Crippen molar-refractivity contribution >= 4 is 29.7 Å². The highest BCUT2D eigenvalue weighted by Gasteiger charge is 2.29. The summed E-state index contributed by atoms with van der Waals surface area (Å²) in [6.45, 7) is 3.88. The van der Waals surface area contributed by atoms with Gasteiger partial charge in [0.25, 0.3) is 0 Å². The molecule has 0 bridgehead atoms. The minimum absolute atomic E-state index is 0.117. The maximum absolute atomic E-state index is 12.6. The summed E-state index contributed by atoms with van der Waals surface area (Å²) in [7, 11) is 0. The highest BCUT2D eigenvalue weighted by atomic mass is 16.4. The summed E-state index contributed by atoms with van der Waals surface area (Å²) in [4.78, 5) is 50.7. The van der Waals surface area contributed by atoms with E-state index in [2.05, 4.69) is 15.6 Å². The van der Waals surface area contributed by atoms with Crippen LogP contribution in [-0.4, -0.2) is 64.6 Å². The molecule has 29 heavy (non-hydrogen) atoms. The number of amides is 2. The lowest BCUT2D eigenvalue weighted by Crippen LogP contribution is -2.55. The van der Waals surface area contributed by atoms with Crippen molar-refractivity contribution < 1.29 is 29.4 Å². The lowest BCUT2D eigenvalue weighted by atomic mass is 9.98. The number of nitrogens with one attached hydrogen (secondary N) is 2. The molecule has 0 aromatic rings. The van der Waals surface area contributed by atoms with Crippen LogP contribution in [-0.2, 0) is 19.2 Å². The van der Waals surface area contributed by atoms with Gasteiger partial charge in [0, 0.05) is 13.0 Å². The zero-order valence-electron chi connectivity index (χ0n) is 16.8. The fraction of sp³-hybridized carbons (Fsp3) is 0.706. The number of guanidine groups is 1. The predicted molar refractivity (Wildman–Crippen MR) is 106 cm³/mol. The number of carbonyl (C=O) groups excluding carboxylic acids is 2. The Morgan fingerprint density at radius 2 is 1.59 bits per heavy atom. The first-order valence-corrected chi connectivity index (χ1v) is 9.35. The molecule has 0 aromatic heterocycles. The van der Waals surface area contributed by atoms with E-state index in [0.717, 1.165) is 0 Å². The first-order valence-electron chi connectivity index (χ1n) is 9.35. The topological polar surface area (TPSA) is 223 Å². The van der Waals surface area contributed by atoms with Gasteiger partial charge in [-0.1, -0.05) is 20.3 Å². The van der Waals surface area contributed by atoms with Crippen molar-refractivity contribution in [2.24, 2.45) is 28.1 Å². The number of carboxylic acid groups (broad SMARTS) is 2. The van der Waals surface area contributed by atoms with Gasteiger partial charge >= 0.3 is 11.9 Å². The Hall–Kier alpha value is -2.89. The first kappa shape index (κ1) is 26.1. The zero-order valence-corrected chi connectivity index (χ0v) is 16.8. The van der Waals surface area contributed by atoms with E-state index in [9.17, 15) is 24.3 Å². The lowest BCUT2D eigenvalue weighted by Gasteiger charge is -2.24. The second-order valence-corrected chi connectivity index (χ2v) is 6.75. The van der Waals surface area contributed by atoms with Crippen molar-refractivity contribution in [3.05, 3.63) is 0 Å². The fourth-order valence-corrected chi connectivity index (χ4v) is 2.35. The van der Waals surface area contributed by atoms with Gasteiger partial charge in [0.2, 0.25) is 11.8 Å². The summed E-state index contributed by atoms with van der Waals surface area (Å²) in [6, 6.07) is -3.31. The molecule has 0 aliphatic heterocycles. The number of nitrogens with two attached hydrogens (primary N) is 3. The molecule has 10 N–H and O–H groups in total. The zero-order chi connectivity index (χ0) is 22.6. The van der Waals surface area contributed by atoms with Gasteiger partial charge in [-0.25, -0.2) is 4.79 Å². The molecule has 0 aliphatic rings. The van der Waals surface area contributed by atoms with Crippen molar-refractivity contribution in [1.29, 1.82) is 0 Å². The van der Waals surface area contributed by atoms with Crippen LogP contribution in [0.1, 0.15) is 46.0 Å². The molecule has 0 saturated heterocycles. The van der Waals surface area contributed by atoms with Gasteiger partial charge in [0.15, 0.2) is 5.96 Å². The average Bonchev–Trinajstić information content (AvgIpc) is 2.64. The summed E-state index contributed by atoms with van der Waals surface area (Å²) in [6.07, 6.45) is 0.399. The first-order chi connectivity index (χ1) is 13.5. The van der Waals surface area contributed by atoms with E-state index in [0.29, 0.717) is 12.8 Å². The molecule has 166 valence electrons. The number of aliphatic imine (C=N–C) groups is 1. The Labute approximate surface area is 169 Å². The van der Waals surface area contributed by atoms with E-state index in [-0.39, 0.29) is 31.3 Å². The molecule has 12 heteroatoms. The monoisotopic (exact) mass is 416 g/mol. The van der Waals surface area contributed by atoms with Crippen LogP contribution in [0.2, 0.25) is 0 Å². The van der Waals surface area contributed by atoms with Crippen LogP contribution < -0.4 is 27.8 Å². The lowest BCUT2D eigenvalue weighted by molar-refractivity contribution is -0.143. The van der Waals surface area contributed by atoms with Crippen molar-refractivity contribution in [3.63, 3.8) is 0 Å². The molecule has 0 radical (unpaired) electrons. The van der Waals surface area contributed by atoms with Crippen LogP contribution in [0.3, 0.4) is 0 Å². The van der Waals surface area contributed by atoms with E-state index in [1.54, 1.807) is 6.92 Å². The molecule has 4 atom stereocenters. The molecular weight excluding hydrogens is 384 g/mol. The average molecular weight is 416 g/mol. The smallest absolute Gasteiger partial charge is 0.326 e. The molecule has 0 rings (SSSR count). The van der Waals surface area contributed by atoms with Crippen LogP contribution in [0.4, 0.5) is 0 Å². The second kappa shape index (κ2) is 13.3. The predicted octanol–water partition coefficient (Wildman–Crippen LogP) is -1.67. The molecule has 0 spiro atoms. The van der Waals surface area contributed by atoms with Gasteiger partial charge in [0.1, 0.15) is 12.1 Å². The van der Waals surface area contributed by atoms with Gasteiger partial charge in [-0.3, -0.25) is 19.4 Å². The van der Waals surface area contributed by atoms with Gasteiger partial charge in [-0.15, -0.1) is 0 Å². The molecule has 12 nitrogen and oxygen atoms in total. The van der Waals surface area contributed by atoms with Crippen molar-refractivity contribution in [3.8, 4) is 0 Å². The van der Waals surface area contributed by atoms with Crippen LogP contribution in [0.5, 0.6) is 0 Å². The number of rotatable bonds is 14. The molecule has 0 aliphatic carbocycles. The fourth-order valence-electron chi connectivity index (χ4n) is 2.35. The maximum Gasteiger partial charge on any atom is 0.326 e. The Morgan fingerprint density at radius 3 is 2.07 bits per heavy atom. The van der Waals surface area contributed by atoms with E-state index < -0.39 is 48.3 Å². The summed E-state index contributed by atoms with van der Waals surface area (Å²) in [5, 5.41) is 22.7. The third-order valence-corrected chi connectivity index (χ3v) is 4.40. The van der Waals surface area contributed by atoms with Crippen molar-refractivity contribution in [1.82, 2.24) is 10.6 Å². The molecule has 0 saturated carbocycles. The third-order valence-electron chi connectivity index (χ3n) is 4.40. The van der Waals surface area contributed by atoms with Gasteiger partial charge < -0.3 is 38.0 Å². The SMILES string of the molecule is CC[C@H](C)[C@H](N)C(=O)N[C@@H](CCCN=C(N)N)C(=O)N[C@@H](CCC(=O)O)C(=O)O. The van der Waals surface area contributed by atoms with E-state index >= 15 is 0 Å². The normalized spacial score (nSPS) is 14.7. The maximum atomic E-state index is 12.6.